The van der Waals surface area contributed by atoms with Crippen LogP contribution in [0, 0.1) is 10.1 Å². The van der Waals surface area contributed by atoms with Gasteiger partial charge in [0.05, 0.1) is 11.1 Å². The molecule has 2 N–H and O–H groups in total. The van der Waals surface area contributed by atoms with E-state index in [2.05, 4.69) is 10.5 Å². The number of non-ortho nitro benzene ring substituents is 1. The fraction of sp³-hybridized carbons (Fsp3) is 0.125. The Balaban J connectivity index is 2.07. The van der Waals surface area contributed by atoms with Gasteiger partial charge in [-0.05, 0) is 30.3 Å². The second kappa shape index (κ2) is 7.23. The third kappa shape index (κ3) is 4.07. The lowest BCUT2D eigenvalue weighted by Crippen LogP contribution is -2.18. The zero-order valence-electron chi connectivity index (χ0n) is 13.1. The highest BCUT2D eigenvalue weighted by Crippen LogP contribution is 2.21. The highest BCUT2D eigenvalue weighted by Gasteiger charge is 2.09. The first-order chi connectivity index (χ1) is 11.4. The smallest absolute Gasteiger partial charge is 0.271 e. The van der Waals surface area contributed by atoms with Gasteiger partial charge in [-0.3, -0.25) is 14.9 Å². The van der Waals surface area contributed by atoms with Crippen LogP contribution in [0.2, 0.25) is 0 Å². The first-order valence-corrected chi connectivity index (χ1v) is 6.96. The summed E-state index contributed by atoms with van der Waals surface area (Å²) in [6.07, 6.45) is 1.15. The maximum Gasteiger partial charge on any atom is 0.271 e. The molecule has 1 amide bonds. The van der Waals surface area contributed by atoms with E-state index in [1.54, 1.807) is 24.3 Å². The summed E-state index contributed by atoms with van der Waals surface area (Å²) in [4.78, 5) is 24.0. The monoisotopic (exact) mass is 328 g/mol. The van der Waals surface area contributed by atoms with E-state index in [0.717, 1.165) is 18.0 Å². The standard InChI is InChI=1S/C16H16N4O4/c1-19(2)13-5-3-11(4-6-13)16(22)18-17-10-12-9-14(20(23)24)7-8-15(12)21/h3-10,21H,1-2H3,(H,18,22). The normalized spacial score (nSPS) is 10.6. The lowest BCUT2D eigenvalue weighted by molar-refractivity contribution is -0.384. The first kappa shape index (κ1) is 16.9. The summed E-state index contributed by atoms with van der Waals surface area (Å²) in [6, 6.07) is 10.4. The molecule has 0 saturated heterocycles. The van der Waals surface area contributed by atoms with Gasteiger partial charge >= 0.3 is 0 Å². The third-order valence-corrected chi connectivity index (χ3v) is 3.24. The van der Waals surface area contributed by atoms with Crippen LogP contribution in [0.1, 0.15) is 15.9 Å². The first-order valence-electron chi connectivity index (χ1n) is 6.96. The summed E-state index contributed by atoms with van der Waals surface area (Å²) in [5.41, 5.74) is 3.63. The van der Waals surface area contributed by atoms with Gasteiger partial charge in [-0.2, -0.15) is 5.10 Å². The minimum Gasteiger partial charge on any atom is -0.507 e. The Labute approximate surface area is 138 Å². The van der Waals surface area contributed by atoms with E-state index in [0.29, 0.717) is 5.56 Å². The molecule has 8 nitrogen and oxygen atoms in total. The van der Waals surface area contributed by atoms with Crippen molar-refractivity contribution >= 4 is 23.5 Å². The molecule has 0 saturated carbocycles. The molecular formula is C16H16N4O4. The number of phenolic OH excluding ortho intramolecular Hbond substituents is 1. The molecule has 2 aromatic carbocycles. The molecule has 2 aromatic rings. The van der Waals surface area contributed by atoms with Gasteiger partial charge in [0.15, 0.2) is 0 Å². The van der Waals surface area contributed by atoms with Crippen LogP contribution in [0.25, 0.3) is 0 Å². The second-order valence-electron chi connectivity index (χ2n) is 5.14. The highest BCUT2D eigenvalue weighted by atomic mass is 16.6. The number of benzene rings is 2. The zero-order valence-corrected chi connectivity index (χ0v) is 13.1. The maximum atomic E-state index is 12.0. The molecular weight excluding hydrogens is 312 g/mol. The van der Waals surface area contributed by atoms with Gasteiger partial charge in [0.2, 0.25) is 0 Å². The SMILES string of the molecule is CN(C)c1ccc(C(=O)NN=Cc2cc([N+](=O)[O-])ccc2O)cc1. The number of anilines is 1. The van der Waals surface area contributed by atoms with Crippen LogP contribution in [-0.2, 0) is 0 Å². The number of nitro benzene ring substituents is 1. The Morgan fingerprint density at radius 1 is 1.25 bits per heavy atom. The summed E-state index contributed by atoms with van der Waals surface area (Å²) >= 11 is 0. The number of amides is 1. The van der Waals surface area contributed by atoms with Gasteiger partial charge in [-0.1, -0.05) is 0 Å². The molecule has 0 aliphatic heterocycles. The van der Waals surface area contributed by atoms with E-state index in [-0.39, 0.29) is 17.0 Å². The van der Waals surface area contributed by atoms with E-state index in [1.165, 1.54) is 12.1 Å². The number of phenols is 1. The highest BCUT2D eigenvalue weighted by molar-refractivity contribution is 5.95. The minimum atomic E-state index is -0.582. The van der Waals surface area contributed by atoms with Crippen molar-refractivity contribution < 1.29 is 14.8 Å². The number of nitro groups is 1. The van der Waals surface area contributed by atoms with Crippen molar-refractivity contribution in [3.05, 3.63) is 63.7 Å². The van der Waals surface area contributed by atoms with Gasteiger partial charge in [-0.25, -0.2) is 5.43 Å². The summed E-state index contributed by atoms with van der Waals surface area (Å²) in [6.45, 7) is 0. The molecule has 2 rings (SSSR count). The van der Waals surface area contributed by atoms with Crippen LogP contribution in [0.5, 0.6) is 5.75 Å². The molecule has 0 aromatic heterocycles. The summed E-state index contributed by atoms with van der Waals surface area (Å²) in [5.74, 6) is -0.601. The van der Waals surface area contributed by atoms with Crippen molar-refractivity contribution in [2.45, 2.75) is 0 Å². The van der Waals surface area contributed by atoms with E-state index >= 15 is 0 Å². The lowest BCUT2D eigenvalue weighted by atomic mass is 10.2. The number of hydrogen-bond donors (Lipinski definition) is 2. The maximum absolute atomic E-state index is 12.0. The number of hydrogen-bond acceptors (Lipinski definition) is 6. The molecule has 0 fully saturated rings. The summed E-state index contributed by atoms with van der Waals surface area (Å²) in [5, 5.41) is 24.1. The predicted octanol–water partition coefficient (Wildman–Crippen LogP) is 2.13. The third-order valence-electron chi connectivity index (χ3n) is 3.24. The van der Waals surface area contributed by atoms with Crippen molar-refractivity contribution in [3.63, 3.8) is 0 Å². The Kier molecular flexibility index (Phi) is 5.10. The zero-order chi connectivity index (χ0) is 17.7. The number of carbonyl (C=O) groups excluding carboxylic acids is 1. The van der Waals surface area contributed by atoms with E-state index in [9.17, 15) is 20.0 Å². The molecule has 24 heavy (non-hydrogen) atoms. The topological polar surface area (TPSA) is 108 Å². The number of rotatable bonds is 5. The van der Waals surface area contributed by atoms with Crippen molar-refractivity contribution in [3.8, 4) is 5.75 Å². The van der Waals surface area contributed by atoms with Crippen LogP contribution >= 0.6 is 0 Å². The number of carbonyl (C=O) groups is 1. The number of hydrazone groups is 1. The van der Waals surface area contributed by atoms with Crippen LogP contribution in [0.3, 0.4) is 0 Å². The number of aromatic hydroxyl groups is 1. The average Bonchev–Trinajstić information content (AvgIpc) is 2.56. The molecule has 8 heteroatoms. The molecule has 0 aliphatic rings. The molecule has 0 radical (unpaired) electrons. The molecule has 0 atom stereocenters. The van der Waals surface area contributed by atoms with E-state index in [1.807, 2.05) is 19.0 Å². The Hall–Kier alpha value is -3.42. The predicted molar refractivity (Wildman–Crippen MR) is 90.6 cm³/mol. The molecule has 0 aliphatic carbocycles. The van der Waals surface area contributed by atoms with E-state index < -0.39 is 10.8 Å². The van der Waals surface area contributed by atoms with Gasteiger partial charge in [0, 0.05) is 43.0 Å². The van der Waals surface area contributed by atoms with Gasteiger partial charge in [0.25, 0.3) is 11.6 Å². The van der Waals surface area contributed by atoms with E-state index in [4.69, 9.17) is 0 Å². The molecule has 0 unspecified atom stereocenters. The minimum absolute atomic E-state index is 0.132. The van der Waals surface area contributed by atoms with Gasteiger partial charge in [0.1, 0.15) is 5.75 Å². The fourth-order valence-corrected chi connectivity index (χ4v) is 1.89. The van der Waals surface area contributed by atoms with Crippen LogP contribution in [0.15, 0.2) is 47.6 Å². The summed E-state index contributed by atoms with van der Waals surface area (Å²) in [7, 11) is 3.79. The van der Waals surface area contributed by atoms with Gasteiger partial charge < -0.3 is 10.0 Å². The Morgan fingerprint density at radius 3 is 2.50 bits per heavy atom. The Bertz CT molecular complexity index is 785. The second-order valence-corrected chi connectivity index (χ2v) is 5.14. The molecule has 0 bridgehead atoms. The summed E-state index contributed by atoms with van der Waals surface area (Å²) < 4.78 is 0. The van der Waals surface area contributed by atoms with Crippen molar-refractivity contribution in [1.29, 1.82) is 0 Å². The number of nitrogens with zero attached hydrogens (tertiary/aromatic N) is 3. The fourth-order valence-electron chi connectivity index (χ4n) is 1.89. The van der Waals surface area contributed by atoms with Crippen molar-refractivity contribution in [2.24, 2.45) is 5.10 Å². The molecule has 0 heterocycles. The lowest BCUT2D eigenvalue weighted by Gasteiger charge is -2.12. The largest absolute Gasteiger partial charge is 0.507 e. The quantitative estimate of drug-likeness (QED) is 0.496. The molecule has 124 valence electrons. The Morgan fingerprint density at radius 2 is 1.92 bits per heavy atom. The van der Waals surface area contributed by atoms with Crippen LogP contribution < -0.4 is 10.3 Å². The van der Waals surface area contributed by atoms with Crippen LogP contribution in [-0.4, -0.2) is 36.2 Å². The molecule has 0 spiro atoms. The van der Waals surface area contributed by atoms with Gasteiger partial charge in [-0.15, -0.1) is 0 Å². The average molecular weight is 328 g/mol. The van der Waals surface area contributed by atoms with Crippen molar-refractivity contribution in [1.82, 2.24) is 5.43 Å². The van der Waals surface area contributed by atoms with Crippen molar-refractivity contribution in [2.75, 3.05) is 19.0 Å². The van der Waals surface area contributed by atoms with Crippen LogP contribution in [0.4, 0.5) is 11.4 Å². The number of nitrogens with one attached hydrogen (secondary N) is 1.